The van der Waals surface area contributed by atoms with Crippen molar-refractivity contribution in [1.82, 2.24) is 0 Å². The fraction of sp³-hybridized carbons (Fsp3) is 0.909. The van der Waals surface area contributed by atoms with E-state index < -0.39 is 0 Å². The molecule has 2 rings (SSSR count). The summed E-state index contributed by atoms with van der Waals surface area (Å²) in [5.41, 5.74) is 5.95. The Hall–Kier alpha value is -0.570. The minimum atomic E-state index is -0.366. The zero-order chi connectivity index (χ0) is 10.1. The first-order valence-corrected chi connectivity index (χ1v) is 5.66. The third kappa shape index (κ3) is 2.08. The molecule has 2 aliphatic rings. The van der Waals surface area contributed by atoms with Gasteiger partial charge < -0.3 is 10.5 Å². The van der Waals surface area contributed by atoms with Crippen LogP contribution in [0.2, 0.25) is 0 Å². The first-order chi connectivity index (χ1) is 6.74. The van der Waals surface area contributed by atoms with E-state index in [4.69, 9.17) is 10.5 Å². The van der Waals surface area contributed by atoms with Gasteiger partial charge in [0.15, 0.2) is 0 Å². The highest BCUT2D eigenvalue weighted by atomic mass is 16.5. The fourth-order valence-corrected chi connectivity index (χ4v) is 2.33. The molecule has 1 atom stereocenters. The average molecular weight is 197 g/mol. The van der Waals surface area contributed by atoms with Crippen LogP contribution in [0.25, 0.3) is 0 Å². The van der Waals surface area contributed by atoms with Crippen molar-refractivity contribution in [2.45, 2.75) is 38.6 Å². The summed E-state index contributed by atoms with van der Waals surface area (Å²) in [7, 11) is 0. The van der Waals surface area contributed by atoms with Gasteiger partial charge in [0, 0.05) is 0 Å². The number of nitrogens with two attached hydrogens (primary N) is 1. The topological polar surface area (TPSA) is 52.3 Å². The third-order valence-corrected chi connectivity index (χ3v) is 3.31. The van der Waals surface area contributed by atoms with Crippen molar-refractivity contribution >= 4 is 5.97 Å². The van der Waals surface area contributed by atoms with Crippen molar-refractivity contribution < 1.29 is 9.53 Å². The Labute approximate surface area is 85.0 Å². The second-order valence-corrected chi connectivity index (χ2v) is 4.53. The van der Waals surface area contributed by atoms with Gasteiger partial charge in [0.1, 0.15) is 6.04 Å². The van der Waals surface area contributed by atoms with E-state index in [-0.39, 0.29) is 12.0 Å². The van der Waals surface area contributed by atoms with Gasteiger partial charge in [0.25, 0.3) is 0 Å². The van der Waals surface area contributed by atoms with Crippen LogP contribution in [-0.4, -0.2) is 18.6 Å². The van der Waals surface area contributed by atoms with Crippen molar-refractivity contribution in [3.05, 3.63) is 0 Å². The molecule has 0 aromatic heterocycles. The molecular weight excluding hydrogens is 178 g/mol. The lowest BCUT2D eigenvalue weighted by molar-refractivity contribution is -0.146. The zero-order valence-corrected chi connectivity index (χ0v) is 8.74. The van der Waals surface area contributed by atoms with Gasteiger partial charge in [-0.3, -0.25) is 4.79 Å². The molecule has 0 amide bonds. The summed E-state index contributed by atoms with van der Waals surface area (Å²) in [6.07, 6.45) is 5.03. The Bertz CT molecular complexity index is 209. The molecule has 2 saturated carbocycles. The number of rotatable bonds is 5. The number of ether oxygens (including phenoxy) is 1. The van der Waals surface area contributed by atoms with E-state index in [1.54, 1.807) is 0 Å². The van der Waals surface area contributed by atoms with E-state index in [2.05, 4.69) is 0 Å². The quantitative estimate of drug-likeness (QED) is 0.676. The summed E-state index contributed by atoms with van der Waals surface area (Å²) in [5.74, 6) is 1.63. The second kappa shape index (κ2) is 3.89. The van der Waals surface area contributed by atoms with Gasteiger partial charge >= 0.3 is 5.97 Å². The van der Waals surface area contributed by atoms with E-state index in [0.717, 1.165) is 0 Å². The normalized spacial score (nSPS) is 23.6. The first kappa shape index (κ1) is 9.97. The summed E-state index contributed by atoms with van der Waals surface area (Å²) in [6, 6.07) is -0.366. The lowest BCUT2D eigenvalue weighted by Crippen LogP contribution is -2.41. The van der Waals surface area contributed by atoms with Crippen LogP contribution in [0.5, 0.6) is 0 Å². The molecule has 2 aliphatic carbocycles. The minimum Gasteiger partial charge on any atom is -0.465 e. The highest BCUT2D eigenvalue weighted by molar-refractivity contribution is 5.76. The highest BCUT2D eigenvalue weighted by Crippen LogP contribution is 2.50. The molecule has 0 bridgehead atoms. The summed E-state index contributed by atoms with van der Waals surface area (Å²) < 4.78 is 4.98. The van der Waals surface area contributed by atoms with Crippen LogP contribution in [0.1, 0.15) is 32.6 Å². The monoisotopic (exact) mass is 197 g/mol. The Kier molecular flexibility index (Phi) is 2.77. The number of carbonyl (C=O) groups excluding carboxylic acids is 1. The molecule has 0 spiro atoms. The predicted octanol–water partition coefficient (Wildman–Crippen LogP) is 1.31. The minimum absolute atomic E-state index is 0.198. The summed E-state index contributed by atoms with van der Waals surface area (Å²) >= 11 is 0. The molecule has 3 heteroatoms. The van der Waals surface area contributed by atoms with Crippen LogP contribution in [0, 0.1) is 17.8 Å². The van der Waals surface area contributed by atoms with Crippen LogP contribution >= 0.6 is 0 Å². The van der Waals surface area contributed by atoms with Gasteiger partial charge in [-0.15, -0.1) is 0 Å². The smallest absolute Gasteiger partial charge is 0.323 e. The standard InChI is InChI=1S/C11H19NO2/c1-2-14-11(13)10(12)9(7-3-4-7)8-5-6-8/h7-10H,2-6,12H2,1H3/t10-/m0/s1. The lowest BCUT2D eigenvalue weighted by Gasteiger charge is -2.21. The van der Waals surface area contributed by atoms with Gasteiger partial charge in [-0.1, -0.05) is 0 Å². The molecule has 0 saturated heterocycles. The Morgan fingerprint density at radius 1 is 1.36 bits per heavy atom. The van der Waals surface area contributed by atoms with Crippen molar-refractivity contribution in [2.24, 2.45) is 23.5 Å². The van der Waals surface area contributed by atoms with E-state index in [1.807, 2.05) is 6.92 Å². The molecule has 2 fully saturated rings. The van der Waals surface area contributed by atoms with E-state index in [9.17, 15) is 4.79 Å². The fourth-order valence-electron chi connectivity index (χ4n) is 2.33. The van der Waals surface area contributed by atoms with Crippen molar-refractivity contribution in [3.8, 4) is 0 Å². The lowest BCUT2D eigenvalue weighted by atomic mass is 9.90. The largest absolute Gasteiger partial charge is 0.465 e. The SMILES string of the molecule is CCOC(=O)[C@@H](N)C(C1CC1)C1CC1. The summed E-state index contributed by atoms with van der Waals surface area (Å²) in [4.78, 5) is 11.5. The van der Waals surface area contributed by atoms with Crippen LogP contribution in [0.15, 0.2) is 0 Å². The molecule has 0 aromatic carbocycles. The van der Waals surface area contributed by atoms with Gasteiger partial charge in [0.05, 0.1) is 6.61 Å². The molecule has 2 N–H and O–H groups in total. The van der Waals surface area contributed by atoms with Gasteiger partial charge in [-0.25, -0.2) is 0 Å². The maximum absolute atomic E-state index is 11.5. The maximum Gasteiger partial charge on any atom is 0.323 e. The first-order valence-electron chi connectivity index (χ1n) is 5.66. The van der Waals surface area contributed by atoms with Crippen LogP contribution in [0.4, 0.5) is 0 Å². The van der Waals surface area contributed by atoms with Gasteiger partial charge in [-0.05, 0) is 50.4 Å². The molecule has 0 unspecified atom stereocenters. The molecule has 0 heterocycles. The van der Waals surface area contributed by atoms with E-state index >= 15 is 0 Å². The van der Waals surface area contributed by atoms with Crippen LogP contribution in [-0.2, 0) is 9.53 Å². The van der Waals surface area contributed by atoms with Crippen LogP contribution in [0.3, 0.4) is 0 Å². The number of hydrogen-bond acceptors (Lipinski definition) is 3. The molecule has 80 valence electrons. The van der Waals surface area contributed by atoms with Crippen molar-refractivity contribution in [2.75, 3.05) is 6.61 Å². The highest BCUT2D eigenvalue weighted by Gasteiger charge is 2.46. The second-order valence-electron chi connectivity index (χ2n) is 4.53. The van der Waals surface area contributed by atoms with Gasteiger partial charge in [-0.2, -0.15) is 0 Å². The number of hydrogen-bond donors (Lipinski definition) is 1. The molecular formula is C11H19NO2. The van der Waals surface area contributed by atoms with E-state index in [0.29, 0.717) is 24.4 Å². The van der Waals surface area contributed by atoms with Crippen molar-refractivity contribution in [1.29, 1.82) is 0 Å². The molecule has 0 radical (unpaired) electrons. The zero-order valence-electron chi connectivity index (χ0n) is 8.74. The molecule has 0 aliphatic heterocycles. The predicted molar refractivity (Wildman–Crippen MR) is 53.5 cm³/mol. The molecule has 3 nitrogen and oxygen atoms in total. The third-order valence-electron chi connectivity index (χ3n) is 3.31. The number of esters is 1. The summed E-state index contributed by atoms with van der Waals surface area (Å²) in [5, 5.41) is 0. The number of carbonyl (C=O) groups is 1. The molecule has 14 heavy (non-hydrogen) atoms. The van der Waals surface area contributed by atoms with Crippen LogP contribution < -0.4 is 5.73 Å². The maximum atomic E-state index is 11.5. The molecule has 0 aromatic rings. The Morgan fingerprint density at radius 2 is 1.86 bits per heavy atom. The Morgan fingerprint density at radius 3 is 2.21 bits per heavy atom. The summed E-state index contributed by atoms with van der Waals surface area (Å²) in [6.45, 7) is 2.27. The van der Waals surface area contributed by atoms with Crippen molar-refractivity contribution in [3.63, 3.8) is 0 Å². The Balaban J connectivity index is 1.91. The average Bonchev–Trinajstić information content (AvgIpc) is 2.99. The van der Waals surface area contributed by atoms with E-state index in [1.165, 1.54) is 25.7 Å². The van der Waals surface area contributed by atoms with Gasteiger partial charge in [0.2, 0.25) is 0 Å².